The van der Waals surface area contributed by atoms with E-state index in [-0.39, 0.29) is 16.9 Å². The van der Waals surface area contributed by atoms with Crippen LogP contribution in [0.5, 0.6) is 5.88 Å². The topological polar surface area (TPSA) is 55.1 Å². The van der Waals surface area contributed by atoms with Crippen LogP contribution in [0.2, 0.25) is 0 Å². The van der Waals surface area contributed by atoms with Gasteiger partial charge in [-0.25, -0.2) is 0 Å². The molecule has 0 unspecified atom stereocenters. The largest absolute Gasteiger partial charge is 0.493 e. The Labute approximate surface area is 147 Å². The van der Waals surface area contributed by atoms with Crippen molar-refractivity contribution in [1.82, 2.24) is 9.55 Å². The van der Waals surface area contributed by atoms with Crippen LogP contribution in [-0.4, -0.2) is 14.7 Å². The Bertz CT molecular complexity index is 921. The van der Waals surface area contributed by atoms with E-state index in [0.29, 0.717) is 12.4 Å². The first-order valence-electron chi connectivity index (χ1n) is 8.30. The number of hydrogen-bond acceptors (Lipinski definition) is 3. The highest BCUT2D eigenvalue weighted by Gasteiger charge is 2.14. The van der Waals surface area contributed by atoms with E-state index in [1.807, 2.05) is 42.5 Å². The third kappa shape index (κ3) is 3.79. The summed E-state index contributed by atoms with van der Waals surface area (Å²) in [5, 5.41) is 9.75. The molecule has 0 aliphatic heterocycles. The molecule has 2 aromatic carbocycles. The average Bonchev–Trinajstić information content (AvgIpc) is 2.57. The molecule has 4 nitrogen and oxygen atoms in total. The molecule has 0 saturated carbocycles. The zero-order valence-corrected chi connectivity index (χ0v) is 14.7. The lowest BCUT2D eigenvalue weighted by molar-refractivity contribution is 0.448. The van der Waals surface area contributed by atoms with Crippen LogP contribution in [0.3, 0.4) is 0 Å². The fourth-order valence-corrected chi connectivity index (χ4v) is 2.75. The molecule has 0 aliphatic rings. The second kappa shape index (κ2) is 6.55. The second-order valence-electron chi connectivity index (χ2n) is 7.18. The van der Waals surface area contributed by atoms with Gasteiger partial charge in [0.15, 0.2) is 0 Å². The van der Waals surface area contributed by atoms with E-state index in [4.69, 9.17) is 0 Å². The molecular formula is C21H22N2O2. The van der Waals surface area contributed by atoms with Gasteiger partial charge in [0.05, 0.1) is 12.6 Å². The lowest BCUT2D eigenvalue weighted by atomic mass is 9.87. The molecule has 25 heavy (non-hydrogen) atoms. The van der Waals surface area contributed by atoms with Gasteiger partial charge in [0, 0.05) is 5.56 Å². The number of hydrogen-bond donors (Lipinski definition) is 1. The van der Waals surface area contributed by atoms with Crippen molar-refractivity contribution in [3.8, 4) is 17.3 Å². The predicted molar refractivity (Wildman–Crippen MR) is 99.8 cm³/mol. The van der Waals surface area contributed by atoms with Gasteiger partial charge in [-0.2, -0.15) is 4.98 Å². The van der Waals surface area contributed by atoms with Gasteiger partial charge in [-0.3, -0.25) is 9.36 Å². The number of aromatic nitrogens is 2. The van der Waals surface area contributed by atoms with Crippen LogP contribution in [0.4, 0.5) is 0 Å². The molecule has 1 aromatic heterocycles. The van der Waals surface area contributed by atoms with E-state index < -0.39 is 0 Å². The molecule has 0 spiro atoms. The normalized spacial score (nSPS) is 11.5. The smallest absolute Gasteiger partial charge is 0.257 e. The summed E-state index contributed by atoms with van der Waals surface area (Å²) in [6, 6.07) is 18.8. The van der Waals surface area contributed by atoms with E-state index >= 15 is 0 Å². The third-order valence-electron chi connectivity index (χ3n) is 4.19. The van der Waals surface area contributed by atoms with E-state index in [1.54, 1.807) is 4.57 Å². The van der Waals surface area contributed by atoms with Crippen molar-refractivity contribution in [2.45, 2.75) is 32.7 Å². The maximum absolute atomic E-state index is 12.4. The molecule has 3 aromatic rings. The highest BCUT2D eigenvalue weighted by Crippen LogP contribution is 2.23. The van der Waals surface area contributed by atoms with Gasteiger partial charge in [-0.15, -0.1) is 0 Å². The Kier molecular flexibility index (Phi) is 4.45. The Morgan fingerprint density at radius 1 is 1.00 bits per heavy atom. The Hall–Kier alpha value is -2.88. The number of benzene rings is 2. The third-order valence-corrected chi connectivity index (χ3v) is 4.19. The minimum absolute atomic E-state index is 0.0880. The van der Waals surface area contributed by atoms with Crippen LogP contribution in [0.1, 0.15) is 31.9 Å². The van der Waals surface area contributed by atoms with Crippen molar-refractivity contribution < 1.29 is 5.11 Å². The van der Waals surface area contributed by atoms with Crippen molar-refractivity contribution >= 4 is 0 Å². The standard InChI is InChI=1S/C21H22N2O2/c1-21(2,3)17-11-9-15(10-12-17)14-23-19(25)13-18(24)22-20(23)16-7-5-4-6-8-16/h4-13,24H,14H2,1-3H3. The summed E-state index contributed by atoms with van der Waals surface area (Å²) in [5.41, 5.74) is 2.87. The van der Waals surface area contributed by atoms with E-state index in [2.05, 4.69) is 37.9 Å². The molecule has 0 bridgehead atoms. The second-order valence-corrected chi connectivity index (χ2v) is 7.18. The summed E-state index contributed by atoms with van der Waals surface area (Å²) in [5.74, 6) is 0.202. The van der Waals surface area contributed by atoms with Crippen molar-refractivity contribution in [3.63, 3.8) is 0 Å². The van der Waals surface area contributed by atoms with Gasteiger partial charge in [0.25, 0.3) is 5.56 Å². The molecule has 0 amide bonds. The molecule has 1 N–H and O–H groups in total. The van der Waals surface area contributed by atoms with Crippen LogP contribution in [0.15, 0.2) is 65.5 Å². The summed E-state index contributed by atoms with van der Waals surface area (Å²) in [7, 11) is 0. The highest BCUT2D eigenvalue weighted by atomic mass is 16.3. The fourth-order valence-electron chi connectivity index (χ4n) is 2.75. The van der Waals surface area contributed by atoms with Gasteiger partial charge in [-0.1, -0.05) is 75.4 Å². The number of rotatable bonds is 3. The molecule has 0 atom stereocenters. The lowest BCUT2D eigenvalue weighted by Crippen LogP contribution is -2.23. The van der Waals surface area contributed by atoms with E-state index in [0.717, 1.165) is 17.2 Å². The van der Waals surface area contributed by atoms with Gasteiger partial charge in [0.1, 0.15) is 5.82 Å². The minimum Gasteiger partial charge on any atom is -0.493 e. The summed E-state index contributed by atoms with van der Waals surface area (Å²) < 4.78 is 1.58. The summed E-state index contributed by atoms with van der Waals surface area (Å²) >= 11 is 0. The van der Waals surface area contributed by atoms with Crippen molar-refractivity contribution in [3.05, 3.63) is 82.1 Å². The first-order valence-corrected chi connectivity index (χ1v) is 8.30. The Balaban J connectivity index is 2.02. The molecule has 3 rings (SSSR count). The van der Waals surface area contributed by atoms with Crippen molar-refractivity contribution in [1.29, 1.82) is 0 Å². The summed E-state index contributed by atoms with van der Waals surface area (Å²) in [6.45, 7) is 6.92. The molecule has 0 fully saturated rings. The zero-order valence-electron chi connectivity index (χ0n) is 14.7. The molecule has 4 heteroatoms. The zero-order chi connectivity index (χ0) is 18.0. The van der Waals surface area contributed by atoms with E-state index in [9.17, 15) is 9.90 Å². The van der Waals surface area contributed by atoms with Gasteiger partial charge in [0.2, 0.25) is 5.88 Å². The monoisotopic (exact) mass is 334 g/mol. The maximum atomic E-state index is 12.4. The quantitative estimate of drug-likeness (QED) is 0.789. The first-order chi connectivity index (χ1) is 11.8. The summed E-state index contributed by atoms with van der Waals surface area (Å²) in [6.07, 6.45) is 0. The molecule has 0 radical (unpaired) electrons. The maximum Gasteiger partial charge on any atom is 0.257 e. The van der Waals surface area contributed by atoms with E-state index in [1.165, 1.54) is 5.56 Å². The Morgan fingerprint density at radius 2 is 1.64 bits per heavy atom. The van der Waals surface area contributed by atoms with Crippen LogP contribution in [0, 0.1) is 0 Å². The van der Waals surface area contributed by atoms with Crippen molar-refractivity contribution in [2.24, 2.45) is 0 Å². The fraction of sp³-hybridized carbons (Fsp3) is 0.238. The molecule has 1 heterocycles. The molecule has 128 valence electrons. The van der Waals surface area contributed by atoms with Crippen LogP contribution in [0.25, 0.3) is 11.4 Å². The molecule has 0 saturated heterocycles. The van der Waals surface area contributed by atoms with Gasteiger partial charge >= 0.3 is 0 Å². The van der Waals surface area contributed by atoms with Gasteiger partial charge < -0.3 is 5.11 Å². The molecule has 0 aliphatic carbocycles. The van der Waals surface area contributed by atoms with Crippen LogP contribution < -0.4 is 5.56 Å². The number of nitrogens with zero attached hydrogens (tertiary/aromatic N) is 2. The Morgan fingerprint density at radius 3 is 2.24 bits per heavy atom. The van der Waals surface area contributed by atoms with Crippen LogP contribution in [-0.2, 0) is 12.0 Å². The number of aromatic hydroxyl groups is 1. The molecular weight excluding hydrogens is 312 g/mol. The average molecular weight is 334 g/mol. The predicted octanol–water partition coefficient (Wildman–Crippen LogP) is 3.96. The lowest BCUT2D eigenvalue weighted by Gasteiger charge is -2.19. The van der Waals surface area contributed by atoms with Crippen LogP contribution >= 0.6 is 0 Å². The highest BCUT2D eigenvalue weighted by molar-refractivity contribution is 5.55. The first kappa shape index (κ1) is 17.0. The minimum atomic E-state index is -0.272. The van der Waals surface area contributed by atoms with Gasteiger partial charge in [-0.05, 0) is 16.5 Å². The SMILES string of the molecule is CC(C)(C)c1ccc(Cn2c(-c3ccccc3)nc(O)cc2=O)cc1. The summed E-state index contributed by atoms with van der Waals surface area (Å²) in [4.78, 5) is 16.6. The van der Waals surface area contributed by atoms with Crippen molar-refractivity contribution in [2.75, 3.05) is 0 Å².